The van der Waals surface area contributed by atoms with E-state index >= 15 is 0 Å². The number of halogens is 1. The number of aryl methyl sites for hydroxylation is 1. The molecule has 1 aliphatic rings. The van der Waals surface area contributed by atoms with Gasteiger partial charge in [-0.15, -0.1) is 0 Å². The van der Waals surface area contributed by atoms with E-state index in [4.69, 9.17) is 4.74 Å². The van der Waals surface area contributed by atoms with Gasteiger partial charge in [0.2, 0.25) is 0 Å². The van der Waals surface area contributed by atoms with Gasteiger partial charge < -0.3 is 9.30 Å². The number of thiazole rings is 1. The number of allylic oxidation sites excluding steroid dienone is 1. The maximum Gasteiger partial charge on any atom is 0.338 e. The Morgan fingerprint density at radius 1 is 1.05 bits per heavy atom. The minimum Gasteiger partial charge on any atom is -0.463 e. The minimum atomic E-state index is -0.645. The standard InChI is InChI=1S/C33H28FN3O3S/c1-4-40-32(39)29-21(3)35-33-37(30(29)23-13-9-20(2)10-14-23)31(38)28(41-33)17-24-19-36(27-8-6-5-7-26(24)27)18-22-11-15-25(34)16-12-22/h5-17,19,30H,4,18H2,1-3H3/b28-17+/t30-/m1/s1. The molecule has 0 spiro atoms. The van der Waals surface area contributed by atoms with Gasteiger partial charge in [0.15, 0.2) is 4.80 Å². The molecule has 0 saturated heterocycles. The molecule has 0 N–H and O–H groups in total. The Kier molecular flexibility index (Phi) is 7.01. The Hall–Kier alpha value is -4.56. The van der Waals surface area contributed by atoms with Crippen molar-refractivity contribution in [3.8, 4) is 0 Å². The zero-order valence-corrected chi connectivity index (χ0v) is 23.7. The number of fused-ring (bicyclic) bond motifs is 2. The van der Waals surface area contributed by atoms with Gasteiger partial charge in [-0.1, -0.05) is 71.5 Å². The summed E-state index contributed by atoms with van der Waals surface area (Å²) in [4.78, 5) is 32.4. The van der Waals surface area contributed by atoms with Gasteiger partial charge in [0.05, 0.1) is 28.5 Å². The van der Waals surface area contributed by atoms with E-state index in [0.717, 1.165) is 33.2 Å². The molecule has 5 aromatic rings. The summed E-state index contributed by atoms with van der Waals surface area (Å²) in [7, 11) is 0. The van der Waals surface area contributed by atoms with Crippen molar-refractivity contribution in [1.29, 1.82) is 0 Å². The lowest BCUT2D eigenvalue weighted by Crippen LogP contribution is -2.39. The van der Waals surface area contributed by atoms with E-state index < -0.39 is 12.0 Å². The van der Waals surface area contributed by atoms with E-state index in [1.807, 2.05) is 67.7 Å². The lowest BCUT2D eigenvalue weighted by atomic mass is 9.95. The van der Waals surface area contributed by atoms with E-state index in [0.29, 0.717) is 27.1 Å². The fraction of sp³-hybridized carbons (Fsp3) is 0.182. The molecule has 6 nitrogen and oxygen atoms in total. The lowest BCUT2D eigenvalue weighted by Gasteiger charge is -2.24. The average molecular weight is 566 g/mol. The molecule has 2 aromatic heterocycles. The first kappa shape index (κ1) is 26.7. The Bertz CT molecular complexity index is 2000. The average Bonchev–Trinajstić information content (AvgIpc) is 3.46. The molecule has 41 heavy (non-hydrogen) atoms. The molecule has 3 aromatic carbocycles. The number of carbonyl (C=O) groups excluding carboxylic acids is 1. The first-order chi connectivity index (χ1) is 19.8. The number of rotatable bonds is 6. The van der Waals surface area contributed by atoms with Crippen LogP contribution in [0.1, 0.15) is 42.1 Å². The van der Waals surface area contributed by atoms with E-state index in [1.165, 1.54) is 23.5 Å². The van der Waals surface area contributed by atoms with Crippen LogP contribution in [0.2, 0.25) is 0 Å². The number of hydrogen-bond donors (Lipinski definition) is 0. The summed E-state index contributed by atoms with van der Waals surface area (Å²) in [6, 6.07) is 21.6. The van der Waals surface area contributed by atoms with Gasteiger partial charge >= 0.3 is 5.97 Å². The largest absolute Gasteiger partial charge is 0.463 e. The molecule has 0 unspecified atom stereocenters. The number of hydrogen-bond acceptors (Lipinski definition) is 5. The molecule has 0 bridgehead atoms. The van der Waals surface area contributed by atoms with Crippen LogP contribution in [0.3, 0.4) is 0 Å². The minimum absolute atomic E-state index is 0.219. The van der Waals surface area contributed by atoms with Crippen molar-refractivity contribution >= 4 is 34.3 Å². The summed E-state index contributed by atoms with van der Waals surface area (Å²) in [6.07, 6.45) is 3.90. The Labute approximate surface area is 240 Å². The number of carbonyl (C=O) groups is 1. The maximum atomic E-state index is 14.0. The summed E-state index contributed by atoms with van der Waals surface area (Å²) in [5.74, 6) is -0.745. The summed E-state index contributed by atoms with van der Waals surface area (Å²) in [5.41, 5.74) is 5.45. The molecule has 0 aliphatic carbocycles. The van der Waals surface area contributed by atoms with Crippen molar-refractivity contribution in [2.45, 2.75) is 33.4 Å². The predicted octanol–water partition coefficient (Wildman–Crippen LogP) is 5.25. The molecule has 6 rings (SSSR count). The van der Waals surface area contributed by atoms with Crippen molar-refractivity contribution in [1.82, 2.24) is 9.13 Å². The zero-order valence-electron chi connectivity index (χ0n) is 22.9. The fourth-order valence-corrected chi connectivity index (χ4v) is 6.34. The number of esters is 1. The van der Waals surface area contributed by atoms with Crippen LogP contribution in [0, 0.1) is 12.7 Å². The Morgan fingerprint density at radius 2 is 1.78 bits per heavy atom. The third kappa shape index (κ3) is 4.95. The van der Waals surface area contributed by atoms with Gasteiger partial charge in [-0.2, -0.15) is 0 Å². The molecule has 0 saturated carbocycles. The second-order valence-electron chi connectivity index (χ2n) is 10.1. The van der Waals surface area contributed by atoms with Crippen LogP contribution in [-0.2, 0) is 16.1 Å². The number of aromatic nitrogens is 2. The molecule has 8 heteroatoms. The van der Waals surface area contributed by atoms with E-state index in [-0.39, 0.29) is 18.0 Å². The lowest BCUT2D eigenvalue weighted by molar-refractivity contribution is -0.139. The number of ether oxygens (including phenoxy) is 1. The van der Waals surface area contributed by atoms with E-state index in [9.17, 15) is 14.0 Å². The number of benzene rings is 3. The van der Waals surface area contributed by atoms with Crippen LogP contribution in [0.4, 0.5) is 4.39 Å². The van der Waals surface area contributed by atoms with Crippen LogP contribution >= 0.6 is 11.3 Å². The molecular formula is C33H28FN3O3S. The first-order valence-electron chi connectivity index (χ1n) is 13.4. The van der Waals surface area contributed by atoms with Crippen molar-refractivity contribution in [3.05, 3.63) is 138 Å². The van der Waals surface area contributed by atoms with Crippen LogP contribution in [0.25, 0.3) is 17.0 Å². The number of nitrogens with zero attached hydrogens (tertiary/aromatic N) is 3. The molecule has 1 aliphatic heterocycles. The van der Waals surface area contributed by atoms with Gasteiger partial charge in [-0.25, -0.2) is 14.2 Å². The third-order valence-corrected chi connectivity index (χ3v) is 8.27. The maximum absolute atomic E-state index is 14.0. The zero-order chi connectivity index (χ0) is 28.7. The molecule has 206 valence electrons. The van der Waals surface area contributed by atoms with Gasteiger partial charge in [-0.05, 0) is 56.2 Å². The van der Waals surface area contributed by atoms with Crippen LogP contribution in [-0.4, -0.2) is 21.7 Å². The van der Waals surface area contributed by atoms with Gasteiger partial charge in [-0.3, -0.25) is 9.36 Å². The van der Waals surface area contributed by atoms with Crippen molar-refractivity contribution < 1.29 is 13.9 Å². The SMILES string of the molecule is CCOC(=O)C1=C(C)N=c2s/c(=C/c3cn(Cc4ccc(F)cc4)c4ccccc34)c(=O)n2[C@@H]1c1ccc(C)cc1. The van der Waals surface area contributed by atoms with Crippen molar-refractivity contribution in [2.24, 2.45) is 4.99 Å². The second-order valence-corrected chi connectivity index (χ2v) is 11.1. The quantitative estimate of drug-likeness (QED) is 0.264. The summed E-state index contributed by atoms with van der Waals surface area (Å²) < 4.78 is 23.1. The Balaban J connectivity index is 1.51. The topological polar surface area (TPSA) is 65.6 Å². The van der Waals surface area contributed by atoms with Gasteiger partial charge in [0.25, 0.3) is 5.56 Å². The van der Waals surface area contributed by atoms with Crippen molar-refractivity contribution in [2.75, 3.05) is 6.61 Å². The highest BCUT2D eigenvalue weighted by atomic mass is 32.1. The highest BCUT2D eigenvalue weighted by Gasteiger charge is 2.33. The second kappa shape index (κ2) is 10.8. The van der Waals surface area contributed by atoms with E-state index in [1.54, 1.807) is 30.5 Å². The molecule has 1 atom stereocenters. The molecule has 0 radical (unpaired) electrons. The van der Waals surface area contributed by atoms with E-state index in [2.05, 4.69) is 9.56 Å². The molecule has 3 heterocycles. The van der Waals surface area contributed by atoms with Crippen LogP contribution in [0.15, 0.2) is 100 Å². The Morgan fingerprint density at radius 3 is 2.51 bits per heavy atom. The van der Waals surface area contributed by atoms with Crippen LogP contribution in [0.5, 0.6) is 0 Å². The molecular weight excluding hydrogens is 537 g/mol. The highest BCUT2D eigenvalue weighted by Crippen LogP contribution is 2.31. The number of para-hydroxylation sites is 1. The summed E-state index contributed by atoms with van der Waals surface area (Å²) in [6.45, 7) is 6.33. The van der Waals surface area contributed by atoms with Gasteiger partial charge in [0.1, 0.15) is 5.82 Å². The normalized spacial score (nSPS) is 15.2. The van der Waals surface area contributed by atoms with Gasteiger partial charge in [0, 0.05) is 29.2 Å². The predicted molar refractivity (Wildman–Crippen MR) is 159 cm³/mol. The van der Waals surface area contributed by atoms with Crippen molar-refractivity contribution in [3.63, 3.8) is 0 Å². The first-order valence-corrected chi connectivity index (χ1v) is 14.2. The van der Waals surface area contributed by atoms with Crippen LogP contribution < -0.4 is 14.9 Å². The molecule has 0 fully saturated rings. The fourth-order valence-electron chi connectivity index (χ4n) is 5.30. The monoisotopic (exact) mass is 565 g/mol. The third-order valence-electron chi connectivity index (χ3n) is 7.28. The smallest absolute Gasteiger partial charge is 0.338 e. The summed E-state index contributed by atoms with van der Waals surface area (Å²) >= 11 is 1.30. The summed E-state index contributed by atoms with van der Waals surface area (Å²) in [5, 5.41) is 0.999. The molecule has 0 amide bonds. The highest BCUT2D eigenvalue weighted by molar-refractivity contribution is 7.07.